The highest BCUT2D eigenvalue weighted by molar-refractivity contribution is 14.0. The molecule has 0 aliphatic heterocycles. The van der Waals surface area contributed by atoms with Crippen molar-refractivity contribution in [1.82, 2.24) is 15.5 Å². The number of ether oxygens (including phenoxy) is 1. The smallest absolute Gasteiger partial charge is 0.191 e. The van der Waals surface area contributed by atoms with E-state index in [4.69, 9.17) is 4.74 Å². The summed E-state index contributed by atoms with van der Waals surface area (Å²) in [6.07, 6.45) is 3.22. The van der Waals surface area contributed by atoms with Gasteiger partial charge in [0.15, 0.2) is 5.96 Å². The number of hydrogen-bond acceptors (Lipinski definition) is 3. The van der Waals surface area contributed by atoms with Crippen molar-refractivity contribution in [2.24, 2.45) is 4.99 Å². The SMILES string of the molecule is CCCCOCCCNC(=NC)NCC(c1ccc(F)cc1)N(C)C.I. The molecule has 2 N–H and O–H groups in total. The van der Waals surface area contributed by atoms with Crippen LogP contribution in [0.3, 0.4) is 0 Å². The van der Waals surface area contributed by atoms with Gasteiger partial charge in [0.2, 0.25) is 0 Å². The quantitative estimate of drug-likeness (QED) is 0.221. The Morgan fingerprint density at radius 2 is 1.81 bits per heavy atom. The van der Waals surface area contributed by atoms with Crippen molar-refractivity contribution in [3.63, 3.8) is 0 Å². The van der Waals surface area contributed by atoms with Crippen molar-refractivity contribution in [2.75, 3.05) is 47.4 Å². The van der Waals surface area contributed by atoms with Gasteiger partial charge in [0.05, 0.1) is 6.04 Å². The largest absolute Gasteiger partial charge is 0.381 e. The topological polar surface area (TPSA) is 48.9 Å². The average Bonchev–Trinajstić information content (AvgIpc) is 2.60. The third-order valence-electron chi connectivity index (χ3n) is 3.96. The minimum absolute atomic E-state index is 0. The van der Waals surface area contributed by atoms with Crippen LogP contribution in [0.2, 0.25) is 0 Å². The molecule has 0 heterocycles. The van der Waals surface area contributed by atoms with Gasteiger partial charge in [-0.25, -0.2) is 4.39 Å². The number of halogens is 2. The van der Waals surface area contributed by atoms with Crippen LogP contribution in [0.1, 0.15) is 37.8 Å². The highest BCUT2D eigenvalue weighted by Crippen LogP contribution is 2.17. The van der Waals surface area contributed by atoms with Gasteiger partial charge < -0.3 is 20.3 Å². The first-order valence-electron chi connectivity index (χ1n) is 9.02. The van der Waals surface area contributed by atoms with Crippen LogP contribution in [0, 0.1) is 5.82 Å². The van der Waals surface area contributed by atoms with Crippen LogP contribution < -0.4 is 10.6 Å². The molecule has 1 rings (SSSR count). The maximum atomic E-state index is 13.1. The second-order valence-corrected chi connectivity index (χ2v) is 6.23. The number of aliphatic imine (C=N–C) groups is 1. The van der Waals surface area contributed by atoms with Crippen LogP contribution in [0.5, 0.6) is 0 Å². The summed E-state index contributed by atoms with van der Waals surface area (Å²) in [5.41, 5.74) is 1.07. The molecule has 5 nitrogen and oxygen atoms in total. The predicted octanol–water partition coefficient (Wildman–Crippen LogP) is 3.42. The fraction of sp³-hybridized carbons (Fsp3) is 0.632. The number of unbranched alkanes of at least 4 members (excludes halogenated alkanes) is 1. The standard InChI is InChI=1S/C19H33FN4O.HI/c1-5-6-13-25-14-7-12-22-19(21-2)23-15-18(24(3)4)16-8-10-17(20)11-9-16;/h8-11,18H,5-7,12-15H2,1-4H3,(H2,21,22,23);1H. The van der Waals surface area contributed by atoms with E-state index in [1.807, 2.05) is 26.2 Å². The van der Waals surface area contributed by atoms with Gasteiger partial charge in [-0.05, 0) is 44.6 Å². The molecule has 26 heavy (non-hydrogen) atoms. The van der Waals surface area contributed by atoms with Gasteiger partial charge in [-0.15, -0.1) is 24.0 Å². The van der Waals surface area contributed by atoms with Gasteiger partial charge in [-0.1, -0.05) is 25.5 Å². The van der Waals surface area contributed by atoms with Gasteiger partial charge in [0.25, 0.3) is 0 Å². The van der Waals surface area contributed by atoms with Crippen molar-refractivity contribution in [3.8, 4) is 0 Å². The second-order valence-electron chi connectivity index (χ2n) is 6.23. The molecule has 0 saturated carbocycles. The summed E-state index contributed by atoms with van der Waals surface area (Å²) in [7, 11) is 5.79. The van der Waals surface area contributed by atoms with Crippen LogP contribution in [-0.2, 0) is 4.74 Å². The predicted molar refractivity (Wildman–Crippen MR) is 118 cm³/mol. The molecule has 1 unspecified atom stereocenters. The Morgan fingerprint density at radius 1 is 1.15 bits per heavy atom. The third-order valence-corrected chi connectivity index (χ3v) is 3.96. The van der Waals surface area contributed by atoms with Crippen LogP contribution in [0.4, 0.5) is 4.39 Å². The molecule has 0 saturated heterocycles. The number of likely N-dealkylation sites (N-methyl/N-ethyl adjacent to an activating group) is 1. The fourth-order valence-corrected chi connectivity index (χ4v) is 2.43. The number of nitrogens with one attached hydrogen (secondary N) is 2. The third kappa shape index (κ3) is 10.3. The normalized spacial score (nSPS) is 12.6. The van der Waals surface area contributed by atoms with Gasteiger partial charge in [-0.2, -0.15) is 0 Å². The van der Waals surface area contributed by atoms with Crippen molar-refractivity contribution < 1.29 is 9.13 Å². The maximum Gasteiger partial charge on any atom is 0.191 e. The molecule has 0 spiro atoms. The summed E-state index contributed by atoms with van der Waals surface area (Å²) in [6.45, 7) is 5.26. The van der Waals surface area contributed by atoms with E-state index in [-0.39, 0.29) is 35.8 Å². The lowest BCUT2D eigenvalue weighted by Gasteiger charge is -2.26. The number of nitrogens with zero attached hydrogens (tertiary/aromatic N) is 2. The van der Waals surface area contributed by atoms with E-state index in [0.29, 0.717) is 6.54 Å². The van der Waals surface area contributed by atoms with Gasteiger partial charge >= 0.3 is 0 Å². The van der Waals surface area contributed by atoms with Crippen molar-refractivity contribution in [3.05, 3.63) is 35.6 Å². The molecular weight excluding hydrogens is 446 g/mol. The first-order chi connectivity index (χ1) is 12.1. The Kier molecular flexibility index (Phi) is 14.6. The zero-order valence-electron chi connectivity index (χ0n) is 16.4. The average molecular weight is 480 g/mol. The fourth-order valence-electron chi connectivity index (χ4n) is 2.43. The summed E-state index contributed by atoms with van der Waals surface area (Å²) < 4.78 is 18.7. The van der Waals surface area contributed by atoms with Crippen molar-refractivity contribution in [1.29, 1.82) is 0 Å². The lowest BCUT2D eigenvalue weighted by molar-refractivity contribution is 0.129. The van der Waals surface area contributed by atoms with Crippen LogP contribution in [-0.4, -0.2) is 58.3 Å². The molecule has 0 radical (unpaired) electrons. The summed E-state index contributed by atoms with van der Waals surface area (Å²) in [6, 6.07) is 6.78. The maximum absolute atomic E-state index is 13.1. The van der Waals surface area contributed by atoms with E-state index in [9.17, 15) is 4.39 Å². The summed E-state index contributed by atoms with van der Waals surface area (Å²) >= 11 is 0. The van der Waals surface area contributed by atoms with Gasteiger partial charge in [0, 0.05) is 33.4 Å². The lowest BCUT2D eigenvalue weighted by atomic mass is 10.1. The molecular formula is C19H34FIN4O. The monoisotopic (exact) mass is 480 g/mol. The van der Waals surface area contributed by atoms with E-state index in [1.165, 1.54) is 12.1 Å². The highest BCUT2D eigenvalue weighted by Gasteiger charge is 2.14. The number of benzene rings is 1. The van der Waals surface area contributed by atoms with Crippen molar-refractivity contribution in [2.45, 2.75) is 32.2 Å². The zero-order valence-corrected chi connectivity index (χ0v) is 18.8. The van der Waals surface area contributed by atoms with Gasteiger partial charge in [-0.3, -0.25) is 4.99 Å². The minimum Gasteiger partial charge on any atom is -0.381 e. The van der Waals surface area contributed by atoms with E-state index in [0.717, 1.165) is 50.5 Å². The van der Waals surface area contributed by atoms with Crippen molar-refractivity contribution >= 4 is 29.9 Å². The molecule has 150 valence electrons. The Balaban J connectivity index is 0.00000625. The van der Waals surface area contributed by atoms with E-state index < -0.39 is 0 Å². The Hall–Kier alpha value is -0.930. The molecule has 0 fully saturated rings. The Bertz CT molecular complexity index is 497. The molecule has 1 aromatic rings. The van der Waals surface area contributed by atoms with Gasteiger partial charge in [0.1, 0.15) is 5.82 Å². The lowest BCUT2D eigenvalue weighted by Crippen LogP contribution is -2.42. The number of guanidine groups is 1. The van der Waals surface area contributed by atoms with Crippen LogP contribution >= 0.6 is 24.0 Å². The van der Waals surface area contributed by atoms with E-state index >= 15 is 0 Å². The Morgan fingerprint density at radius 3 is 2.38 bits per heavy atom. The molecule has 1 atom stereocenters. The molecule has 0 aliphatic rings. The first-order valence-corrected chi connectivity index (χ1v) is 9.02. The minimum atomic E-state index is -0.215. The molecule has 0 bridgehead atoms. The highest BCUT2D eigenvalue weighted by atomic mass is 127. The second kappa shape index (κ2) is 15.2. The summed E-state index contributed by atoms with van der Waals surface area (Å²) in [5.74, 6) is 0.551. The summed E-state index contributed by atoms with van der Waals surface area (Å²) in [4.78, 5) is 6.36. The molecule has 1 aromatic carbocycles. The van der Waals surface area contributed by atoms with E-state index in [1.54, 1.807) is 7.05 Å². The van der Waals surface area contributed by atoms with Crippen LogP contribution in [0.15, 0.2) is 29.3 Å². The number of hydrogen-bond donors (Lipinski definition) is 2. The molecule has 0 aromatic heterocycles. The number of rotatable bonds is 11. The Labute approximate surface area is 174 Å². The molecule has 0 amide bonds. The van der Waals surface area contributed by atoms with Crippen LogP contribution in [0.25, 0.3) is 0 Å². The zero-order chi connectivity index (χ0) is 18.5. The van der Waals surface area contributed by atoms with E-state index in [2.05, 4.69) is 27.4 Å². The molecule has 7 heteroatoms. The summed E-state index contributed by atoms with van der Waals surface area (Å²) in [5, 5.41) is 6.63. The first kappa shape index (κ1) is 25.1. The molecule has 0 aliphatic carbocycles.